The summed E-state index contributed by atoms with van der Waals surface area (Å²) in [6, 6.07) is 4.17. The lowest BCUT2D eigenvalue weighted by atomic mass is 9.66. The van der Waals surface area contributed by atoms with Crippen LogP contribution in [0.1, 0.15) is 51.2 Å². The SMILES string of the molecule is CCC(C)(C)C1CC(=Cc2ccsc2)C(=O)C(=Cc2ccsc2)C1. The minimum atomic E-state index is 0.232. The van der Waals surface area contributed by atoms with E-state index in [-0.39, 0.29) is 11.2 Å². The Bertz CT molecular complexity index is 690. The van der Waals surface area contributed by atoms with Gasteiger partial charge in [0, 0.05) is 11.1 Å². The van der Waals surface area contributed by atoms with Gasteiger partial charge in [0.25, 0.3) is 0 Å². The van der Waals surface area contributed by atoms with Crippen LogP contribution < -0.4 is 0 Å². The second kappa shape index (κ2) is 7.20. The summed E-state index contributed by atoms with van der Waals surface area (Å²) in [5.74, 6) is 0.741. The van der Waals surface area contributed by atoms with E-state index in [0.717, 1.165) is 41.5 Å². The van der Waals surface area contributed by atoms with Crippen molar-refractivity contribution < 1.29 is 4.79 Å². The second-order valence-corrected chi connectivity index (χ2v) is 8.79. The molecule has 0 amide bonds. The Kier molecular flexibility index (Phi) is 5.21. The van der Waals surface area contributed by atoms with E-state index in [9.17, 15) is 4.79 Å². The number of hydrogen-bond acceptors (Lipinski definition) is 3. The Balaban J connectivity index is 1.98. The zero-order chi connectivity index (χ0) is 17.2. The highest BCUT2D eigenvalue weighted by Gasteiger charge is 2.36. The van der Waals surface area contributed by atoms with Crippen molar-refractivity contribution in [1.29, 1.82) is 0 Å². The lowest BCUT2D eigenvalue weighted by molar-refractivity contribution is -0.113. The fourth-order valence-corrected chi connectivity index (χ4v) is 4.44. The minimum Gasteiger partial charge on any atom is -0.289 e. The quantitative estimate of drug-likeness (QED) is 0.558. The molecule has 3 rings (SSSR count). The van der Waals surface area contributed by atoms with E-state index >= 15 is 0 Å². The van der Waals surface area contributed by atoms with Gasteiger partial charge < -0.3 is 0 Å². The van der Waals surface area contributed by atoms with Crippen LogP contribution in [0.3, 0.4) is 0 Å². The summed E-state index contributed by atoms with van der Waals surface area (Å²) >= 11 is 3.35. The fourth-order valence-electron chi connectivity index (χ4n) is 3.20. The summed E-state index contributed by atoms with van der Waals surface area (Å²) in [6.07, 6.45) is 7.09. The molecule has 1 aliphatic rings. The predicted molar refractivity (Wildman–Crippen MR) is 106 cm³/mol. The molecule has 2 heterocycles. The van der Waals surface area contributed by atoms with Gasteiger partial charge in [-0.2, -0.15) is 22.7 Å². The third-order valence-corrected chi connectivity index (χ3v) is 6.70. The van der Waals surface area contributed by atoms with Gasteiger partial charge >= 0.3 is 0 Å². The Morgan fingerprint density at radius 2 is 1.54 bits per heavy atom. The van der Waals surface area contributed by atoms with E-state index in [1.807, 2.05) is 0 Å². The van der Waals surface area contributed by atoms with E-state index in [1.54, 1.807) is 22.7 Å². The molecule has 0 spiro atoms. The normalized spacial score (nSPS) is 22.5. The molecule has 0 radical (unpaired) electrons. The van der Waals surface area contributed by atoms with Crippen molar-refractivity contribution in [1.82, 2.24) is 0 Å². The van der Waals surface area contributed by atoms with Gasteiger partial charge in [0.2, 0.25) is 0 Å². The highest BCUT2D eigenvalue weighted by Crippen LogP contribution is 2.44. The largest absolute Gasteiger partial charge is 0.289 e. The zero-order valence-corrected chi connectivity index (χ0v) is 16.2. The number of ketones is 1. The molecule has 2 aromatic heterocycles. The molecule has 2 aromatic rings. The smallest absolute Gasteiger partial charge is 0.185 e. The Morgan fingerprint density at radius 1 is 1.04 bits per heavy atom. The van der Waals surface area contributed by atoms with Gasteiger partial charge in [0.05, 0.1) is 0 Å². The highest BCUT2D eigenvalue weighted by atomic mass is 32.1. The summed E-state index contributed by atoms with van der Waals surface area (Å²) < 4.78 is 0. The lowest BCUT2D eigenvalue weighted by Gasteiger charge is -2.37. The first kappa shape index (κ1) is 17.4. The first-order valence-electron chi connectivity index (χ1n) is 8.50. The van der Waals surface area contributed by atoms with Gasteiger partial charge in [-0.3, -0.25) is 4.79 Å². The summed E-state index contributed by atoms with van der Waals surface area (Å²) in [5.41, 5.74) is 4.46. The number of thiophene rings is 2. The summed E-state index contributed by atoms with van der Waals surface area (Å²) in [7, 11) is 0. The maximum Gasteiger partial charge on any atom is 0.185 e. The van der Waals surface area contributed by atoms with E-state index in [0.29, 0.717) is 5.92 Å². The number of Topliss-reactive ketones (excluding diaryl/α,β-unsaturated/α-hetero) is 1. The van der Waals surface area contributed by atoms with Crippen LogP contribution in [0.4, 0.5) is 0 Å². The molecule has 1 fully saturated rings. The number of hydrogen-bond donors (Lipinski definition) is 0. The van der Waals surface area contributed by atoms with Crippen molar-refractivity contribution in [2.24, 2.45) is 11.3 Å². The Labute approximate surface area is 152 Å². The molecule has 1 saturated carbocycles. The van der Waals surface area contributed by atoms with Crippen LogP contribution in [0, 0.1) is 11.3 Å². The van der Waals surface area contributed by atoms with Gasteiger partial charge in [-0.25, -0.2) is 0 Å². The monoisotopic (exact) mass is 356 g/mol. The van der Waals surface area contributed by atoms with Crippen LogP contribution in [-0.4, -0.2) is 5.78 Å². The zero-order valence-electron chi connectivity index (χ0n) is 14.5. The molecule has 0 aliphatic heterocycles. The van der Waals surface area contributed by atoms with Crippen molar-refractivity contribution >= 4 is 40.6 Å². The van der Waals surface area contributed by atoms with Gasteiger partial charge in [0.1, 0.15) is 0 Å². The van der Waals surface area contributed by atoms with Crippen LogP contribution in [0.2, 0.25) is 0 Å². The molecular weight excluding hydrogens is 332 g/mol. The van der Waals surface area contributed by atoms with E-state index in [1.165, 1.54) is 0 Å². The predicted octanol–water partition coefficient (Wildman–Crippen LogP) is 6.69. The van der Waals surface area contributed by atoms with Crippen LogP contribution >= 0.6 is 22.7 Å². The van der Waals surface area contributed by atoms with Crippen LogP contribution in [0.15, 0.2) is 44.8 Å². The summed E-state index contributed by atoms with van der Waals surface area (Å²) in [5, 5.41) is 8.35. The molecule has 0 atom stereocenters. The molecule has 3 heteroatoms. The molecule has 0 aromatic carbocycles. The lowest BCUT2D eigenvalue weighted by Crippen LogP contribution is -2.30. The average molecular weight is 357 g/mol. The van der Waals surface area contributed by atoms with Gasteiger partial charge in [-0.1, -0.05) is 27.2 Å². The number of rotatable bonds is 4. The van der Waals surface area contributed by atoms with E-state index in [2.05, 4.69) is 66.6 Å². The number of carbonyl (C=O) groups is 1. The molecule has 24 heavy (non-hydrogen) atoms. The van der Waals surface area contributed by atoms with E-state index < -0.39 is 0 Å². The average Bonchev–Trinajstić information content (AvgIpc) is 3.24. The molecule has 126 valence electrons. The van der Waals surface area contributed by atoms with Gasteiger partial charge in [0.15, 0.2) is 5.78 Å². The van der Waals surface area contributed by atoms with Gasteiger partial charge in [-0.15, -0.1) is 0 Å². The first-order valence-corrected chi connectivity index (χ1v) is 10.4. The van der Waals surface area contributed by atoms with Crippen molar-refractivity contribution in [3.8, 4) is 0 Å². The Hall–Kier alpha value is -1.45. The number of allylic oxidation sites excluding steroid dienone is 2. The fraction of sp³-hybridized carbons (Fsp3) is 0.381. The molecule has 0 bridgehead atoms. The van der Waals surface area contributed by atoms with Crippen molar-refractivity contribution in [2.45, 2.75) is 40.0 Å². The molecule has 1 aliphatic carbocycles. The van der Waals surface area contributed by atoms with Crippen LogP contribution in [0.5, 0.6) is 0 Å². The molecule has 0 saturated heterocycles. The number of carbonyl (C=O) groups excluding carboxylic acids is 1. The minimum absolute atomic E-state index is 0.232. The molecule has 0 unspecified atom stereocenters. The standard InChI is InChI=1S/C21H24OS2/c1-4-21(2,3)19-11-17(9-15-5-7-23-13-15)20(22)18(12-19)10-16-6-8-24-14-16/h5-10,13-14,19H,4,11-12H2,1-3H3. The molecule has 1 nitrogen and oxygen atoms in total. The van der Waals surface area contributed by atoms with Crippen LogP contribution in [-0.2, 0) is 4.79 Å². The van der Waals surface area contributed by atoms with Gasteiger partial charge in [-0.05, 0) is 81.1 Å². The van der Waals surface area contributed by atoms with Crippen molar-refractivity contribution in [3.63, 3.8) is 0 Å². The topological polar surface area (TPSA) is 17.1 Å². The highest BCUT2D eigenvalue weighted by molar-refractivity contribution is 7.08. The van der Waals surface area contributed by atoms with Crippen LogP contribution in [0.25, 0.3) is 12.2 Å². The summed E-state index contributed by atoms with van der Waals surface area (Å²) in [4.78, 5) is 13.0. The maximum atomic E-state index is 13.0. The van der Waals surface area contributed by atoms with Crippen molar-refractivity contribution in [2.75, 3.05) is 0 Å². The first-order chi connectivity index (χ1) is 11.5. The van der Waals surface area contributed by atoms with Crippen molar-refractivity contribution in [3.05, 3.63) is 55.9 Å². The Morgan fingerprint density at radius 3 is 1.92 bits per heavy atom. The molecular formula is C21H24OS2. The van der Waals surface area contributed by atoms with E-state index in [4.69, 9.17) is 0 Å². The summed E-state index contributed by atoms with van der Waals surface area (Å²) in [6.45, 7) is 6.91. The third kappa shape index (κ3) is 3.79. The third-order valence-electron chi connectivity index (χ3n) is 5.30. The maximum absolute atomic E-state index is 13.0. The molecule has 0 N–H and O–H groups in total. The second-order valence-electron chi connectivity index (χ2n) is 7.23.